The molecule has 3 aromatic rings. The topological polar surface area (TPSA) is 63.9 Å². The van der Waals surface area contributed by atoms with Gasteiger partial charge < -0.3 is 4.90 Å². The highest BCUT2D eigenvalue weighted by molar-refractivity contribution is 5.86. The van der Waals surface area contributed by atoms with Gasteiger partial charge >= 0.3 is 0 Å². The molecule has 3 heterocycles. The Balaban J connectivity index is 1.43. The molecule has 158 valence electrons. The van der Waals surface area contributed by atoms with E-state index >= 15 is 0 Å². The molecular formula is C24H31N5O. The molecule has 6 nitrogen and oxygen atoms in total. The number of Topliss-reactive ketones (excluding diaryl/α,β-unsaturated/α-hetero) is 1. The van der Waals surface area contributed by atoms with Gasteiger partial charge in [-0.05, 0) is 55.1 Å². The number of carbonyl (C=O) groups excluding carboxylic acids is 1. The van der Waals surface area contributed by atoms with Crippen molar-refractivity contribution < 1.29 is 4.79 Å². The largest absolute Gasteiger partial charge is 0.303 e. The van der Waals surface area contributed by atoms with Crippen molar-refractivity contribution in [2.75, 3.05) is 19.6 Å². The second kappa shape index (κ2) is 8.26. The lowest BCUT2D eigenvalue weighted by molar-refractivity contribution is -0.123. The Hall–Kier alpha value is -2.60. The van der Waals surface area contributed by atoms with Crippen LogP contribution in [0.5, 0.6) is 0 Å². The summed E-state index contributed by atoms with van der Waals surface area (Å²) in [5.74, 6) is 0.433. The molecule has 30 heavy (non-hydrogen) atoms. The maximum Gasteiger partial charge on any atom is 0.142 e. The number of aryl methyl sites for hydroxylation is 1. The molecule has 1 aliphatic rings. The third kappa shape index (κ3) is 4.93. The standard InChI is InChI=1S/C24H31N5O/c1-24(2,3)16-29-9-7-17(8-10-29)23(30)13-21-12-19-11-18(5-6-22(19)27-26-21)20-14-25-28(4)15-20/h5-6,11-12,14-15,17H,7-10,13,16H2,1-4H3. The number of rotatable bonds is 5. The van der Waals surface area contributed by atoms with Crippen LogP contribution in [-0.2, 0) is 18.3 Å². The van der Waals surface area contributed by atoms with Gasteiger partial charge in [0.05, 0.1) is 23.8 Å². The van der Waals surface area contributed by atoms with Gasteiger partial charge in [-0.2, -0.15) is 15.3 Å². The summed E-state index contributed by atoms with van der Waals surface area (Å²) in [5, 5.41) is 13.9. The summed E-state index contributed by atoms with van der Waals surface area (Å²) in [7, 11) is 1.91. The Labute approximate surface area is 178 Å². The van der Waals surface area contributed by atoms with E-state index in [1.165, 1.54) is 0 Å². The van der Waals surface area contributed by atoms with Crippen LogP contribution < -0.4 is 0 Å². The van der Waals surface area contributed by atoms with E-state index in [-0.39, 0.29) is 5.92 Å². The second-order valence-electron chi connectivity index (χ2n) is 9.77. The van der Waals surface area contributed by atoms with Gasteiger partial charge in [0.2, 0.25) is 0 Å². The molecule has 0 saturated carbocycles. The Kier molecular flexibility index (Phi) is 5.69. The van der Waals surface area contributed by atoms with Gasteiger partial charge in [0.1, 0.15) is 5.78 Å². The van der Waals surface area contributed by atoms with Crippen LogP contribution in [0, 0.1) is 11.3 Å². The van der Waals surface area contributed by atoms with Crippen LogP contribution in [-0.4, -0.2) is 50.3 Å². The van der Waals surface area contributed by atoms with E-state index in [0.717, 1.165) is 60.2 Å². The highest BCUT2D eigenvalue weighted by Gasteiger charge is 2.27. The zero-order chi connectivity index (χ0) is 21.3. The molecule has 0 aliphatic carbocycles. The summed E-state index contributed by atoms with van der Waals surface area (Å²) >= 11 is 0. The van der Waals surface area contributed by atoms with Crippen LogP contribution >= 0.6 is 0 Å². The lowest BCUT2D eigenvalue weighted by Gasteiger charge is -2.35. The summed E-state index contributed by atoms with van der Waals surface area (Å²) in [6.45, 7) is 9.90. The van der Waals surface area contributed by atoms with E-state index in [1.807, 2.05) is 37.6 Å². The Morgan fingerprint density at radius 1 is 1.10 bits per heavy atom. The molecule has 2 aromatic heterocycles. The van der Waals surface area contributed by atoms with Crippen molar-refractivity contribution in [1.82, 2.24) is 24.9 Å². The molecule has 0 atom stereocenters. The molecular weight excluding hydrogens is 374 g/mol. The second-order valence-corrected chi connectivity index (χ2v) is 9.77. The summed E-state index contributed by atoms with van der Waals surface area (Å²) < 4.78 is 1.79. The Bertz CT molecular complexity index is 1040. The number of hydrogen-bond acceptors (Lipinski definition) is 5. The van der Waals surface area contributed by atoms with E-state index in [1.54, 1.807) is 4.68 Å². The molecule has 1 saturated heterocycles. The van der Waals surface area contributed by atoms with Crippen molar-refractivity contribution in [1.29, 1.82) is 0 Å². The Morgan fingerprint density at radius 2 is 1.87 bits per heavy atom. The minimum Gasteiger partial charge on any atom is -0.303 e. The molecule has 0 N–H and O–H groups in total. The summed E-state index contributed by atoms with van der Waals surface area (Å²) in [5.41, 5.74) is 4.05. The van der Waals surface area contributed by atoms with Crippen LogP contribution in [0.4, 0.5) is 0 Å². The predicted octanol–water partition coefficient (Wildman–Crippen LogP) is 3.90. The van der Waals surface area contributed by atoms with E-state index < -0.39 is 0 Å². The van der Waals surface area contributed by atoms with Crippen LogP contribution in [0.25, 0.3) is 22.0 Å². The minimum absolute atomic E-state index is 0.139. The van der Waals surface area contributed by atoms with E-state index in [0.29, 0.717) is 17.6 Å². The van der Waals surface area contributed by atoms with Gasteiger partial charge in [0.15, 0.2) is 0 Å². The number of nitrogens with zero attached hydrogens (tertiary/aromatic N) is 5. The van der Waals surface area contributed by atoms with Crippen LogP contribution in [0.15, 0.2) is 36.7 Å². The first-order valence-electron chi connectivity index (χ1n) is 10.8. The molecule has 4 rings (SSSR count). The molecule has 1 aliphatic heterocycles. The molecule has 0 radical (unpaired) electrons. The molecule has 0 spiro atoms. The highest BCUT2D eigenvalue weighted by Crippen LogP contribution is 2.25. The maximum atomic E-state index is 12.9. The van der Waals surface area contributed by atoms with Crippen molar-refractivity contribution >= 4 is 16.7 Å². The fraction of sp³-hybridized carbons (Fsp3) is 0.500. The number of hydrogen-bond donors (Lipinski definition) is 0. The zero-order valence-corrected chi connectivity index (χ0v) is 18.4. The third-order valence-corrected chi connectivity index (χ3v) is 5.77. The number of fused-ring (bicyclic) bond motifs is 1. The number of ketones is 1. The molecule has 0 bridgehead atoms. The monoisotopic (exact) mass is 405 g/mol. The van der Waals surface area contributed by atoms with Crippen molar-refractivity contribution in [3.05, 3.63) is 42.4 Å². The molecule has 0 unspecified atom stereocenters. The zero-order valence-electron chi connectivity index (χ0n) is 18.4. The van der Waals surface area contributed by atoms with E-state index in [4.69, 9.17) is 0 Å². The van der Waals surface area contributed by atoms with Gasteiger partial charge in [-0.15, -0.1) is 0 Å². The normalized spacial score (nSPS) is 16.3. The van der Waals surface area contributed by atoms with E-state index in [9.17, 15) is 4.79 Å². The van der Waals surface area contributed by atoms with E-state index in [2.05, 4.69) is 47.0 Å². The predicted molar refractivity (Wildman–Crippen MR) is 119 cm³/mol. The van der Waals surface area contributed by atoms with Gasteiger partial charge in [-0.1, -0.05) is 26.8 Å². The van der Waals surface area contributed by atoms with Crippen molar-refractivity contribution in [2.24, 2.45) is 18.4 Å². The smallest absolute Gasteiger partial charge is 0.142 e. The first kappa shape index (κ1) is 20.7. The minimum atomic E-state index is 0.139. The van der Waals surface area contributed by atoms with Crippen LogP contribution in [0.2, 0.25) is 0 Å². The number of benzene rings is 1. The summed E-state index contributed by atoms with van der Waals surface area (Å²) in [6.07, 6.45) is 6.10. The quantitative estimate of drug-likeness (QED) is 0.644. The van der Waals surface area contributed by atoms with Crippen LogP contribution in [0.3, 0.4) is 0 Å². The van der Waals surface area contributed by atoms with Crippen molar-refractivity contribution in [3.8, 4) is 11.1 Å². The average Bonchev–Trinajstić information content (AvgIpc) is 3.13. The first-order chi connectivity index (χ1) is 14.3. The van der Waals surface area contributed by atoms with Gasteiger partial charge in [0.25, 0.3) is 0 Å². The number of piperidine rings is 1. The summed E-state index contributed by atoms with van der Waals surface area (Å²) in [4.78, 5) is 15.4. The summed E-state index contributed by atoms with van der Waals surface area (Å²) in [6, 6.07) is 8.11. The van der Waals surface area contributed by atoms with Gasteiger partial charge in [-0.3, -0.25) is 9.48 Å². The lowest BCUT2D eigenvalue weighted by Crippen LogP contribution is -2.40. The molecule has 1 fully saturated rings. The average molecular weight is 406 g/mol. The number of carbonyl (C=O) groups is 1. The van der Waals surface area contributed by atoms with Gasteiger partial charge in [-0.25, -0.2) is 0 Å². The third-order valence-electron chi connectivity index (χ3n) is 5.77. The molecule has 1 aromatic carbocycles. The maximum absolute atomic E-state index is 12.9. The number of likely N-dealkylation sites (tertiary alicyclic amines) is 1. The van der Waals surface area contributed by atoms with Crippen LogP contribution in [0.1, 0.15) is 39.3 Å². The highest BCUT2D eigenvalue weighted by atomic mass is 16.1. The SMILES string of the molecule is Cn1cc(-c2ccc3nnc(CC(=O)C4CCN(CC(C)(C)C)CC4)cc3c2)cn1. The van der Waals surface area contributed by atoms with Gasteiger partial charge in [0, 0.05) is 36.7 Å². The fourth-order valence-corrected chi connectivity index (χ4v) is 4.33. The Morgan fingerprint density at radius 3 is 2.53 bits per heavy atom. The number of aromatic nitrogens is 4. The van der Waals surface area contributed by atoms with Crippen molar-refractivity contribution in [3.63, 3.8) is 0 Å². The first-order valence-corrected chi connectivity index (χ1v) is 10.8. The molecule has 0 amide bonds. The lowest BCUT2D eigenvalue weighted by atomic mass is 9.88. The van der Waals surface area contributed by atoms with Crippen molar-refractivity contribution in [2.45, 2.75) is 40.0 Å². The fourth-order valence-electron chi connectivity index (χ4n) is 4.33. The molecule has 6 heteroatoms.